The lowest BCUT2D eigenvalue weighted by molar-refractivity contribution is -0.136. The molecule has 40 heavy (non-hydrogen) atoms. The molecular formula is C31H39Cl2N5O2. The van der Waals surface area contributed by atoms with Gasteiger partial charge in [-0.25, -0.2) is 0 Å². The number of piperazine rings is 1. The molecule has 3 aromatic rings. The van der Waals surface area contributed by atoms with E-state index in [4.69, 9.17) is 23.2 Å². The van der Waals surface area contributed by atoms with Crippen molar-refractivity contribution in [3.8, 4) is 0 Å². The van der Waals surface area contributed by atoms with E-state index in [1.165, 1.54) is 32.1 Å². The molecule has 9 heteroatoms. The maximum atomic E-state index is 13.7. The van der Waals surface area contributed by atoms with E-state index in [0.717, 1.165) is 48.2 Å². The molecule has 1 aromatic heterocycles. The molecule has 5 rings (SSSR count). The molecule has 7 nitrogen and oxygen atoms in total. The van der Waals surface area contributed by atoms with Crippen molar-refractivity contribution in [2.75, 3.05) is 39.8 Å². The zero-order chi connectivity index (χ0) is 28.1. The fraction of sp³-hybridized carbons (Fsp3) is 0.484. The van der Waals surface area contributed by atoms with Gasteiger partial charge in [-0.2, -0.15) is 0 Å². The third-order valence-corrected chi connectivity index (χ3v) is 9.12. The minimum Gasteiger partial charge on any atom is -0.361 e. The van der Waals surface area contributed by atoms with Gasteiger partial charge in [0.2, 0.25) is 11.8 Å². The van der Waals surface area contributed by atoms with Crippen molar-refractivity contribution in [3.63, 3.8) is 0 Å². The van der Waals surface area contributed by atoms with Gasteiger partial charge in [-0.1, -0.05) is 66.7 Å². The Kier molecular flexibility index (Phi) is 9.68. The summed E-state index contributed by atoms with van der Waals surface area (Å²) in [6.45, 7) is 4.42. The number of aromatic nitrogens is 1. The first kappa shape index (κ1) is 28.9. The zero-order valence-electron chi connectivity index (χ0n) is 23.2. The van der Waals surface area contributed by atoms with Gasteiger partial charge in [-0.15, -0.1) is 0 Å². The molecule has 1 saturated carbocycles. The third-order valence-electron chi connectivity index (χ3n) is 8.38. The van der Waals surface area contributed by atoms with Crippen LogP contribution in [0.1, 0.15) is 43.2 Å². The Bertz CT molecular complexity index is 1310. The summed E-state index contributed by atoms with van der Waals surface area (Å²) in [5.41, 5.74) is 2.88. The number of carbonyl (C=O) groups excluding carboxylic acids is 2. The van der Waals surface area contributed by atoms with E-state index in [9.17, 15) is 9.59 Å². The summed E-state index contributed by atoms with van der Waals surface area (Å²) in [4.78, 5) is 36.8. The van der Waals surface area contributed by atoms with Crippen LogP contribution in [-0.2, 0) is 22.6 Å². The van der Waals surface area contributed by atoms with Crippen molar-refractivity contribution in [1.82, 2.24) is 25.0 Å². The highest BCUT2D eigenvalue weighted by atomic mass is 35.5. The molecule has 1 aliphatic carbocycles. The number of H-pyrrole nitrogens is 1. The molecule has 2 aromatic carbocycles. The van der Waals surface area contributed by atoms with Crippen LogP contribution >= 0.6 is 23.2 Å². The number of rotatable bonds is 9. The van der Waals surface area contributed by atoms with Crippen molar-refractivity contribution < 1.29 is 9.59 Å². The number of nitrogens with zero attached hydrogens (tertiary/aromatic N) is 3. The van der Waals surface area contributed by atoms with Gasteiger partial charge < -0.3 is 15.2 Å². The van der Waals surface area contributed by atoms with Crippen molar-refractivity contribution in [2.45, 2.75) is 57.2 Å². The molecule has 0 spiro atoms. The summed E-state index contributed by atoms with van der Waals surface area (Å²) in [7, 11) is 1.75. The van der Waals surface area contributed by atoms with Crippen molar-refractivity contribution in [1.29, 1.82) is 0 Å². The molecule has 2 fully saturated rings. The van der Waals surface area contributed by atoms with E-state index >= 15 is 0 Å². The number of amides is 2. The van der Waals surface area contributed by atoms with Gasteiger partial charge in [0.05, 0.1) is 16.6 Å². The highest BCUT2D eigenvalue weighted by molar-refractivity contribution is 6.42. The van der Waals surface area contributed by atoms with Gasteiger partial charge in [0.1, 0.15) is 6.04 Å². The van der Waals surface area contributed by atoms with Crippen LogP contribution < -0.4 is 5.32 Å². The summed E-state index contributed by atoms with van der Waals surface area (Å²) in [5, 5.41) is 5.06. The molecule has 214 valence electrons. The molecule has 1 unspecified atom stereocenters. The Labute approximate surface area is 246 Å². The third kappa shape index (κ3) is 7.19. The molecule has 2 amide bonds. The zero-order valence-corrected chi connectivity index (χ0v) is 24.7. The number of benzene rings is 2. The molecule has 1 saturated heterocycles. The minimum atomic E-state index is -0.692. The summed E-state index contributed by atoms with van der Waals surface area (Å²) < 4.78 is 0. The van der Waals surface area contributed by atoms with Crippen LogP contribution in [0.2, 0.25) is 10.0 Å². The van der Waals surface area contributed by atoms with Crippen LogP contribution in [0.5, 0.6) is 0 Å². The predicted octanol–water partition coefficient (Wildman–Crippen LogP) is 5.11. The monoisotopic (exact) mass is 583 g/mol. The molecule has 1 aliphatic heterocycles. The molecular weight excluding hydrogens is 545 g/mol. The van der Waals surface area contributed by atoms with Crippen molar-refractivity contribution in [3.05, 3.63) is 69.8 Å². The van der Waals surface area contributed by atoms with Crippen LogP contribution in [0.3, 0.4) is 0 Å². The SMILES string of the molecule is CN(Cc1ccc(Cl)c(Cl)c1)C(=O)C(Cc1c[nH]c2ccccc12)NC(=O)CN1CCN(C2CCCCC2)CC1. The standard InChI is InChI=1S/C31H39Cl2N5O2/c1-36(20-22-11-12-26(32)27(33)17-22)31(40)29(18-23-19-34-28-10-6-5-9-25(23)28)35-30(39)21-37-13-15-38(16-14-37)24-7-3-2-4-8-24/h5-6,9-12,17,19,24,29,34H,2-4,7-8,13-16,18,20-21H2,1H3,(H,35,39). The normalized spacial score (nSPS) is 18.1. The van der Waals surface area contributed by atoms with Crippen LogP contribution in [0.25, 0.3) is 10.9 Å². The van der Waals surface area contributed by atoms with E-state index in [2.05, 4.69) is 20.1 Å². The lowest BCUT2D eigenvalue weighted by Crippen LogP contribution is -2.55. The van der Waals surface area contributed by atoms with Crippen molar-refractivity contribution >= 4 is 45.9 Å². The summed E-state index contributed by atoms with van der Waals surface area (Å²) in [6, 6.07) is 13.4. The van der Waals surface area contributed by atoms with E-state index in [0.29, 0.717) is 35.6 Å². The molecule has 2 aliphatic rings. The number of para-hydroxylation sites is 1. The molecule has 2 heterocycles. The minimum absolute atomic E-state index is 0.118. The molecule has 0 bridgehead atoms. The second kappa shape index (κ2) is 13.4. The van der Waals surface area contributed by atoms with Gasteiger partial charge in [-0.05, 0) is 42.2 Å². The highest BCUT2D eigenvalue weighted by Gasteiger charge is 2.29. The average molecular weight is 585 g/mol. The fourth-order valence-corrected chi connectivity index (χ4v) is 6.47. The number of carbonyl (C=O) groups is 2. The Morgan fingerprint density at radius 3 is 2.52 bits per heavy atom. The average Bonchev–Trinajstić information content (AvgIpc) is 3.38. The first-order valence-corrected chi connectivity index (χ1v) is 15.1. The maximum absolute atomic E-state index is 13.7. The summed E-state index contributed by atoms with van der Waals surface area (Å²) >= 11 is 12.3. The first-order chi connectivity index (χ1) is 19.4. The lowest BCUT2D eigenvalue weighted by Gasteiger charge is -2.40. The Morgan fingerprint density at radius 2 is 1.77 bits per heavy atom. The van der Waals surface area contributed by atoms with E-state index in [1.54, 1.807) is 24.1 Å². The molecule has 2 N–H and O–H groups in total. The Morgan fingerprint density at radius 1 is 1.02 bits per heavy atom. The van der Waals surface area contributed by atoms with Crippen LogP contribution in [0.4, 0.5) is 0 Å². The number of likely N-dealkylation sites (N-methyl/N-ethyl adjacent to an activating group) is 1. The first-order valence-electron chi connectivity index (χ1n) is 14.4. The van der Waals surface area contributed by atoms with Crippen LogP contribution in [-0.4, -0.2) is 83.4 Å². The Hall–Kier alpha value is -2.58. The second-order valence-electron chi connectivity index (χ2n) is 11.2. The Balaban J connectivity index is 1.24. The van der Waals surface area contributed by atoms with Gasteiger partial charge in [0, 0.05) is 69.3 Å². The van der Waals surface area contributed by atoms with Crippen molar-refractivity contribution in [2.24, 2.45) is 0 Å². The van der Waals surface area contributed by atoms with Gasteiger partial charge in [-0.3, -0.25) is 19.4 Å². The highest BCUT2D eigenvalue weighted by Crippen LogP contribution is 2.25. The number of aromatic amines is 1. The summed E-state index contributed by atoms with van der Waals surface area (Å²) in [6.07, 6.45) is 8.95. The van der Waals surface area contributed by atoms with Crippen LogP contribution in [0.15, 0.2) is 48.7 Å². The number of fused-ring (bicyclic) bond motifs is 1. The van der Waals surface area contributed by atoms with Gasteiger partial charge in [0.15, 0.2) is 0 Å². The molecule has 0 radical (unpaired) electrons. The molecule has 1 atom stereocenters. The van der Waals surface area contributed by atoms with E-state index in [-0.39, 0.29) is 11.8 Å². The van der Waals surface area contributed by atoms with E-state index < -0.39 is 6.04 Å². The smallest absolute Gasteiger partial charge is 0.245 e. The number of halogens is 2. The van der Waals surface area contributed by atoms with Crippen LogP contribution in [0, 0.1) is 0 Å². The predicted molar refractivity (Wildman–Crippen MR) is 162 cm³/mol. The largest absolute Gasteiger partial charge is 0.361 e. The number of hydrogen-bond donors (Lipinski definition) is 2. The second-order valence-corrected chi connectivity index (χ2v) is 12.0. The van der Waals surface area contributed by atoms with Gasteiger partial charge in [0.25, 0.3) is 0 Å². The lowest BCUT2D eigenvalue weighted by atomic mass is 9.94. The van der Waals surface area contributed by atoms with Gasteiger partial charge >= 0.3 is 0 Å². The fourth-order valence-electron chi connectivity index (χ4n) is 6.15. The quantitative estimate of drug-likeness (QED) is 0.367. The van der Waals surface area contributed by atoms with E-state index in [1.807, 2.05) is 36.5 Å². The summed E-state index contributed by atoms with van der Waals surface area (Å²) in [5.74, 6) is -0.265. The number of hydrogen-bond acceptors (Lipinski definition) is 4. The number of nitrogens with one attached hydrogen (secondary N) is 2. The topological polar surface area (TPSA) is 71.7 Å². The maximum Gasteiger partial charge on any atom is 0.245 e.